The quantitative estimate of drug-likeness (QED) is 0.794. The van der Waals surface area contributed by atoms with Gasteiger partial charge in [0, 0.05) is 31.9 Å². The molecule has 2 rings (SSSR count). The van der Waals surface area contributed by atoms with Crippen LogP contribution in [-0.4, -0.2) is 56.0 Å². The minimum absolute atomic E-state index is 0.0537. The van der Waals surface area contributed by atoms with E-state index in [1.54, 1.807) is 37.2 Å². The molecule has 0 radical (unpaired) electrons. The van der Waals surface area contributed by atoms with Crippen molar-refractivity contribution in [1.82, 2.24) is 4.31 Å². The highest BCUT2D eigenvalue weighted by Crippen LogP contribution is 2.26. The molecule has 1 unspecified atom stereocenters. The Balaban J connectivity index is 2.38. The maximum absolute atomic E-state index is 12.0. The van der Waals surface area contributed by atoms with Gasteiger partial charge < -0.3 is 10.0 Å². The van der Waals surface area contributed by atoms with Gasteiger partial charge in [-0.3, -0.25) is 9.59 Å². The highest BCUT2D eigenvalue weighted by molar-refractivity contribution is 7.89. The van der Waals surface area contributed by atoms with Crippen molar-refractivity contribution in [2.45, 2.75) is 19.0 Å². The molecule has 1 fully saturated rings. The van der Waals surface area contributed by atoms with Gasteiger partial charge >= 0.3 is 5.97 Å². The number of carbonyl (C=O) groups is 2. The first kappa shape index (κ1) is 16.4. The van der Waals surface area contributed by atoms with Crippen molar-refractivity contribution >= 4 is 28.0 Å². The van der Waals surface area contributed by atoms with E-state index in [0.717, 1.165) is 9.99 Å². The van der Waals surface area contributed by atoms with Crippen molar-refractivity contribution in [2.75, 3.05) is 24.7 Å². The molecule has 120 valence electrons. The van der Waals surface area contributed by atoms with E-state index in [0.29, 0.717) is 17.4 Å². The minimum atomic E-state index is -3.58. The lowest BCUT2D eigenvalue weighted by atomic mass is 10.1. The molecule has 0 spiro atoms. The summed E-state index contributed by atoms with van der Waals surface area (Å²) in [7, 11) is 0.0302. The summed E-state index contributed by atoms with van der Waals surface area (Å²) in [6.45, 7) is -0.0537. The zero-order chi connectivity index (χ0) is 16.5. The highest BCUT2D eigenvalue weighted by atomic mass is 32.2. The lowest BCUT2D eigenvalue weighted by molar-refractivity contribution is -0.141. The van der Waals surface area contributed by atoms with Gasteiger partial charge in [0.25, 0.3) is 0 Å². The van der Waals surface area contributed by atoms with Crippen molar-refractivity contribution in [1.29, 1.82) is 0 Å². The molecule has 0 aliphatic carbocycles. The Bertz CT molecular complexity index is 699. The second-order valence-electron chi connectivity index (χ2n) is 5.45. The highest BCUT2D eigenvalue weighted by Gasteiger charge is 2.41. The first-order chi connectivity index (χ1) is 10.2. The molecule has 7 nitrogen and oxygen atoms in total. The van der Waals surface area contributed by atoms with Crippen LogP contribution in [0.3, 0.4) is 0 Å². The summed E-state index contributed by atoms with van der Waals surface area (Å²) < 4.78 is 25.1. The van der Waals surface area contributed by atoms with E-state index in [2.05, 4.69) is 0 Å². The van der Waals surface area contributed by atoms with Gasteiger partial charge in [-0.05, 0) is 30.2 Å². The molecule has 8 heteroatoms. The topological polar surface area (TPSA) is 95.0 Å². The van der Waals surface area contributed by atoms with Crippen LogP contribution in [0.25, 0.3) is 0 Å². The predicted octanol–water partition coefficient (Wildman–Crippen LogP) is 0.554. The van der Waals surface area contributed by atoms with Crippen molar-refractivity contribution in [3.63, 3.8) is 0 Å². The maximum Gasteiger partial charge on any atom is 0.322 e. The van der Waals surface area contributed by atoms with Gasteiger partial charge in [-0.25, -0.2) is 8.42 Å². The standard InChI is InChI=1S/C14H18N2O5S/c1-15(2)12-6-10(5-11(7-12)9-17)8-16-13(14(18)19)3-4-22(16,20)21/h5-7,9,13H,3-4,8H2,1-2H3,(H,18,19). The lowest BCUT2D eigenvalue weighted by Crippen LogP contribution is -2.38. The molecule has 1 N–H and O–H groups in total. The number of nitrogens with zero attached hydrogens (tertiary/aromatic N) is 2. The second kappa shape index (κ2) is 6.05. The van der Waals surface area contributed by atoms with Crippen LogP contribution in [0, 0.1) is 0 Å². The number of carboxylic acid groups (broad SMARTS) is 1. The normalized spacial score (nSPS) is 20.7. The van der Waals surface area contributed by atoms with E-state index in [4.69, 9.17) is 5.11 Å². The number of sulfonamides is 1. The number of aldehydes is 1. The van der Waals surface area contributed by atoms with E-state index in [-0.39, 0.29) is 18.7 Å². The summed E-state index contributed by atoms with van der Waals surface area (Å²) in [5.74, 6) is -1.32. The van der Waals surface area contributed by atoms with Gasteiger partial charge in [0.1, 0.15) is 12.3 Å². The molecule has 0 bridgehead atoms. The first-order valence-electron chi connectivity index (χ1n) is 6.73. The third kappa shape index (κ3) is 3.28. The van der Waals surface area contributed by atoms with Gasteiger partial charge in [0.2, 0.25) is 10.0 Å². The molecule has 1 aliphatic heterocycles. The third-order valence-corrected chi connectivity index (χ3v) is 5.48. The Labute approximate surface area is 129 Å². The number of aliphatic carboxylic acids is 1. The fourth-order valence-corrected chi connectivity index (χ4v) is 4.15. The van der Waals surface area contributed by atoms with E-state index >= 15 is 0 Å². The van der Waals surface area contributed by atoms with Crippen LogP contribution in [0.2, 0.25) is 0 Å². The van der Waals surface area contributed by atoms with Crippen LogP contribution in [0.5, 0.6) is 0 Å². The molecule has 0 amide bonds. The fourth-order valence-electron chi connectivity index (χ4n) is 2.47. The summed E-state index contributed by atoms with van der Waals surface area (Å²) in [4.78, 5) is 24.0. The molecule has 0 saturated carbocycles. The molecule has 1 atom stereocenters. The number of anilines is 1. The van der Waals surface area contributed by atoms with Crippen LogP contribution in [-0.2, 0) is 21.4 Å². The van der Waals surface area contributed by atoms with Crippen LogP contribution < -0.4 is 4.90 Å². The Hall–Kier alpha value is -1.93. The number of carboxylic acids is 1. The van der Waals surface area contributed by atoms with Gasteiger partial charge in [-0.15, -0.1) is 0 Å². The number of hydrogen-bond acceptors (Lipinski definition) is 5. The molecule has 1 aromatic rings. The molecule has 1 saturated heterocycles. The predicted molar refractivity (Wildman–Crippen MR) is 81.5 cm³/mol. The largest absolute Gasteiger partial charge is 0.480 e. The zero-order valence-corrected chi connectivity index (χ0v) is 13.2. The summed E-state index contributed by atoms with van der Waals surface area (Å²) in [5, 5.41) is 9.17. The average Bonchev–Trinajstić information content (AvgIpc) is 2.74. The first-order valence-corrected chi connectivity index (χ1v) is 8.34. The van der Waals surface area contributed by atoms with Crippen LogP contribution >= 0.6 is 0 Å². The Morgan fingerprint density at radius 3 is 2.64 bits per heavy atom. The maximum atomic E-state index is 12.0. The number of carbonyl (C=O) groups excluding carboxylic acids is 1. The van der Waals surface area contributed by atoms with Crippen molar-refractivity contribution in [3.8, 4) is 0 Å². The monoisotopic (exact) mass is 326 g/mol. The smallest absolute Gasteiger partial charge is 0.322 e. The van der Waals surface area contributed by atoms with E-state index < -0.39 is 22.0 Å². The lowest BCUT2D eigenvalue weighted by Gasteiger charge is -2.21. The molecule has 1 heterocycles. The van der Waals surface area contributed by atoms with Crippen LogP contribution in [0.15, 0.2) is 18.2 Å². The van der Waals surface area contributed by atoms with E-state index in [1.165, 1.54) is 0 Å². The van der Waals surface area contributed by atoms with Gasteiger partial charge in [0.05, 0.1) is 5.75 Å². The van der Waals surface area contributed by atoms with E-state index in [9.17, 15) is 18.0 Å². The molecular formula is C14H18N2O5S. The van der Waals surface area contributed by atoms with Crippen molar-refractivity contribution in [3.05, 3.63) is 29.3 Å². The van der Waals surface area contributed by atoms with Crippen molar-refractivity contribution < 1.29 is 23.1 Å². The Morgan fingerprint density at radius 2 is 2.09 bits per heavy atom. The van der Waals surface area contributed by atoms with Gasteiger partial charge in [-0.2, -0.15) is 4.31 Å². The van der Waals surface area contributed by atoms with Crippen LogP contribution in [0.4, 0.5) is 5.69 Å². The fraction of sp³-hybridized carbons (Fsp3) is 0.429. The van der Waals surface area contributed by atoms with Crippen molar-refractivity contribution in [2.24, 2.45) is 0 Å². The average molecular weight is 326 g/mol. The molecule has 22 heavy (non-hydrogen) atoms. The van der Waals surface area contributed by atoms with Gasteiger partial charge in [0.15, 0.2) is 0 Å². The number of rotatable bonds is 5. The SMILES string of the molecule is CN(C)c1cc(C=O)cc(CN2C(C(=O)O)CCS2(=O)=O)c1. The molecule has 1 aliphatic rings. The van der Waals surface area contributed by atoms with Gasteiger partial charge in [-0.1, -0.05) is 0 Å². The Morgan fingerprint density at radius 1 is 1.41 bits per heavy atom. The molecule has 1 aromatic carbocycles. The second-order valence-corrected chi connectivity index (χ2v) is 7.49. The third-order valence-electron chi connectivity index (χ3n) is 3.63. The summed E-state index contributed by atoms with van der Waals surface area (Å²) in [6, 6.07) is 3.96. The zero-order valence-electron chi connectivity index (χ0n) is 12.4. The van der Waals surface area contributed by atoms with Crippen LogP contribution in [0.1, 0.15) is 22.3 Å². The summed E-state index contributed by atoms with van der Waals surface area (Å²) >= 11 is 0. The number of hydrogen-bond donors (Lipinski definition) is 1. The van der Waals surface area contributed by atoms with E-state index in [1.807, 2.05) is 0 Å². The number of benzene rings is 1. The molecular weight excluding hydrogens is 308 g/mol. The molecule has 0 aromatic heterocycles. The Kier molecular flexibility index (Phi) is 4.52. The summed E-state index contributed by atoms with van der Waals surface area (Å²) in [5.41, 5.74) is 1.76. The minimum Gasteiger partial charge on any atom is -0.480 e. The summed E-state index contributed by atoms with van der Waals surface area (Å²) in [6.07, 6.45) is 0.759.